The largest absolute Gasteiger partial charge is 0.496 e. The minimum Gasteiger partial charge on any atom is -0.496 e. The van der Waals surface area contributed by atoms with Gasteiger partial charge in [-0.15, -0.1) is 0 Å². The SMILES string of the molecule is COc1cc(C(C)C)ccc1CCNC1CCNC1. The maximum Gasteiger partial charge on any atom is 0.122 e. The van der Waals surface area contributed by atoms with Gasteiger partial charge in [-0.05, 0) is 49.0 Å². The van der Waals surface area contributed by atoms with Crippen LogP contribution in [-0.2, 0) is 6.42 Å². The van der Waals surface area contributed by atoms with E-state index in [0.717, 1.165) is 31.8 Å². The maximum atomic E-state index is 5.52. The number of hydrogen-bond acceptors (Lipinski definition) is 3. The number of methoxy groups -OCH3 is 1. The first-order chi connectivity index (χ1) is 9.20. The molecule has 19 heavy (non-hydrogen) atoms. The van der Waals surface area contributed by atoms with Gasteiger partial charge in [-0.3, -0.25) is 0 Å². The molecule has 1 aromatic rings. The fourth-order valence-corrected chi connectivity index (χ4v) is 2.57. The molecule has 1 heterocycles. The van der Waals surface area contributed by atoms with Gasteiger partial charge in [0.15, 0.2) is 0 Å². The Bertz CT molecular complexity index is 398. The smallest absolute Gasteiger partial charge is 0.122 e. The lowest BCUT2D eigenvalue weighted by Gasteiger charge is -2.14. The van der Waals surface area contributed by atoms with Gasteiger partial charge >= 0.3 is 0 Å². The predicted molar refractivity (Wildman–Crippen MR) is 80.1 cm³/mol. The highest BCUT2D eigenvalue weighted by Gasteiger charge is 2.13. The molecule has 2 N–H and O–H groups in total. The zero-order valence-corrected chi connectivity index (χ0v) is 12.3. The Kier molecular flexibility index (Phi) is 5.23. The van der Waals surface area contributed by atoms with Crippen LogP contribution in [0.3, 0.4) is 0 Å². The third kappa shape index (κ3) is 3.95. The van der Waals surface area contributed by atoms with Crippen LogP contribution in [0, 0.1) is 0 Å². The number of benzene rings is 1. The summed E-state index contributed by atoms with van der Waals surface area (Å²) >= 11 is 0. The van der Waals surface area contributed by atoms with Gasteiger partial charge in [-0.1, -0.05) is 26.0 Å². The molecule has 0 saturated carbocycles. The summed E-state index contributed by atoms with van der Waals surface area (Å²) in [5.74, 6) is 1.57. The first-order valence-corrected chi connectivity index (χ1v) is 7.31. The van der Waals surface area contributed by atoms with Crippen LogP contribution < -0.4 is 15.4 Å². The Labute approximate surface area is 116 Å². The van der Waals surface area contributed by atoms with Crippen LogP contribution in [0.5, 0.6) is 5.75 Å². The van der Waals surface area contributed by atoms with Crippen molar-refractivity contribution in [2.75, 3.05) is 26.7 Å². The fraction of sp³-hybridized carbons (Fsp3) is 0.625. The first kappa shape index (κ1) is 14.4. The van der Waals surface area contributed by atoms with E-state index in [-0.39, 0.29) is 0 Å². The van der Waals surface area contributed by atoms with E-state index in [1.165, 1.54) is 17.5 Å². The van der Waals surface area contributed by atoms with Gasteiger partial charge in [0.25, 0.3) is 0 Å². The summed E-state index contributed by atoms with van der Waals surface area (Å²) in [5, 5.41) is 6.98. The van der Waals surface area contributed by atoms with Gasteiger partial charge in [-0.2, -0.15) is 0 Å². The molecule has 1 fully saturated rings. The molecule has 1 unspecified atom stereocenters. The highest BCUT2D eigenvalue weighted by molar-refractivity contribution is 5.38. The Morgan fingerprint density at radius 1 is 1.42 bits per heavy atom. The van der Waals surface area contributed by atoms with Crippen LogP contribution >= 0.6 is 0 Å². The van der Waals surface area contributed by atoms with Crippen LogP contribution in [0.1, 0.15) is 37.3 Å². The lowest BCUT2D eigenvalue weighted by atomic mass is 10.00. The van der Waals surface area contributed by atoms with E-state index in [0.29, 0.717) is 12.0 Å². The summed E-state index contributed by atoms with van der Waals surface area (Å²) in [6.07, 6.45) is 2.27. The van der Waals surface area contributed by atoms with E-state index in [9.17, 15) is 0 Å². The summed E-state index contributed by atoms with van der Waals surface area (Å²) in [6.45, 7) is 7.68. The van der Waals surface area contributed by atoms with E-state index in [1.807, 2.05) is 0 Å². The highest BCUT2D eigenvalue weighted by Crippen LogP contribution is 2.24. The molecule has 1 aliphatic rings. The average molecular weight is 262 g/mol. The van der Waals surface area contributed by atoms with Crippen molar-refractivity contribution < 1.29 is 4.74 Å². The van der Waals surface area contributed by atoms with Crippen molar-refractivity contribution in [2.45, 2.75) is 38.6 Å². The van der Waals surface area contributed by atoms with Gasteiger partial charge in [0.1, 0.15) is 5.75 Å². The zero-order chi connectivity index (χ0) is 13.7. The van der Waals surface area contributed by atoms with Crippen LogP contribution in [0.4, 0.5) is 0 Å². The second kappa shape index (κ2) is 6.92. The molecule has 2 rings (SSSR count). The molecule has 1 saturated heterocycles. The zero-order valence-electron chi connectivity index (χ0n) is 12.3. The number of rotatable bonds is 6. The topological polar surface area (TPSA) is 33.3 Å². The third-order valence-electron chi connectivity index (χ3n) is 3.87. The summed E-state index contributed by atoms with van der Waals surface area (Å²) in [7, 11) is 1.76. The molecular formula is C16H26N2O. The molecular weight excluding hydrogens is 236 g/mol. The second-order valence-corrected chi connectivity index (χ2v) is 5.62. The third-order valence-corrected chi connectivity index (χ3v) is 3.87. The van der Waals surface area contributed by atoms with Crippen LogP contribution in [0.25, 0.3) is 0 Å². The quantitative estimate of drug-likeness (QED) is 0.825. The molecule has 0 bridgehead atoms. The van der Waals surface area contributed by atoms with Crippen molar-refractivity contribution in [3.8, 4) is 5.75 Å². The summed E-state index contributed by atoms with van der Waals surface area (Å²) in [6, 6.07) is 7.25. The summed E-state index contributed by atoms with van der Waals surface area (Å²) < 4.78 is 5.52. The maximum absolute atomic E-state index is 5.52. The Morgan fingerprint density at radius 2 is 2.26 bits per heavy atom. The number of nitrogens with one attached hydrogen (secondary N) is 2. The van der Waals surface area contributed by atoms with E-state index < -0.39 is 0 Å². The Morgan fingerprint density at radius 3 is 2.89 bits per heavy atom. The van der Waals surface area contributed by atoms with Crippen molar-refractivity contribution in [1.82, 2.24) is 10.6 Å². The molecule has 3 nitrogen and oxygen atoms in total. The Balaban J connectivity index is 1.91. The molecule has 106 valence electrons. The molecule has 0 amide bonds. The second-order valence-electron chi connectivity index (χ2n) is 5.62. The molecule has 1 aromatic carbocycles. The van der Waals surface area contributed by atoms with Crippen LogP contribution in [0.2, 0.25) is 0 Å². The van der Waals surface area contributed by atoms with E-state index in [2.05, 4.69) is 42.7 Å². The highest BCUT2D eigenvalue weighted by atomic mass is 16.5. The molecule has 3 heteroatoms. The molecule has 1 atom stereocenters. The molecule has 0 radical (unpaired) electrons. The standard InChI is InChI=1S/C16H26N2O/c1-12(2)14-5-4-13(16(10-14)19-3)6-9-18-15-7-8-17-11-15/h4-5,10,12,15,17-18H,6-9,11H2,1-3H3. The van der Waals surface area contributed by atoms with Gasteiger partial charge in [0.05, 0.1) is 7.11 Å². The summed E-state index contributed by atoms with van der Waals surface area (Å²) in [4.78, 5) is 0. The normalized spacial score (nSPS) is 19.1. The van der Waals surface area contributed by atoms with E-state index in [4.69, 9.17) is 4.74 Å². The van der Waals surface area contributed by atoms with Gasteiger partial charge in [-0.25, -0.2) is 0 Å². The van der Waals surface area contributed by atoms with Crippen LogP contribution in [-0.4, -0.2) is 32.8 Å². The predicted octanol–water partition coefficient (Wildman–Crippen LogP) is 2.31. The molecule has 0 spiro atoms. The average Bonchev–Trinajstić information content (AvgIpc) is 2.92. The Hall–Kier alpha value is -1.06. The monoisotopic (exact) mass is 262 g/mol. The lowest BCUT2D eigenvalue weighted by Crippen LogP contribution is -2.32. The van der Waals surface area contributed by atoms with Crippen molar-refractivity contribution >= 4 is 0 Å². The van der Waals surface area contributed by atoms with Crippen molar-refractivity contribution in [3.63, 3.8) is 0 Å². The molecule has 0 aliphatic carbocycles. The number of hydrogen-bond donors (Lipinski definition) is 2. The molecule has 1 aliphatic heterocycles. The fourth-order valence-electron chi connectivity index (χ4n) is 2.57. The van der Waals surface area contributed by atoms with Crippen molar-refractivity contribution in [1.29, 1.82) is 0 Å². The van der Waals surface area contributed by atoms with E-state index in [1.54, 1.807) is 7.11 Å². The first-order valence-electron chi connectivity index (χ1n) is 7.31. The summed E-state index contributed by atoms with van der Waals surface area (Å²) in [5.41, 5.74) is 2.64. The van der Waals surface area contributed by atoms with Gasteiger partial charge < -0.3 is 15.4 Å². The van der Waals surface area contributed by atoms with E-state index >= 15 is 0 Å². The minimum absolute atomic E-state index is 0.547. The van der Waals surface area contributed by atoms with Crippen molar-refractivity contribution in [2.24, 2.45) is 0 Å². The van der Waals surface area contributed by atoms with Gasteiger partial charge in [0.2, 0.25) is 0 Å². The van der Waals surface area contributed by atoms with Gasteiger partial charge in [0, 0.05) is 12.6 Å². The molecule has 0 aromatic heterocycles. The van der Waals surface area contributed by atoms with Crippen molar-refractivity contribution in [3.05, 3.63) is 29.3 Å². The minimum atomic E-state index is 0.547. The van der Waals surface area contributed by atoms with Crippen LogP contribution in [0.15, 0.2) is 18.2 Å². The number of ether oxygens (including phenoxy) is 1. The lowest BCUT2D eigenvalue weighted by molar-refractivity contribution is 0.407.